The van der Waals surface area contributed by atoms with Gasteiger partial charge in [0, 0.05) is 24.3 Å². The molecule has 1 aliphatic heterocycles. The molecule has 1 amide bonds. The average Bonchev–Trinajstić information content (AvgIpc) is 3.06. The summed E-state index contributed by atoms with van der Waals surface area (Å²) in [5.41, 5.74) is 1.61. The quantitative estimate of drug-likeness (QED) is 0.713. The summed E-state index contributed by atoms with van der Waals surface area (Å²) in [5.74, 6) is 0.703. The molecule has 3 heterocycles. The van der Waals surface area contributed by atoms with Gasteiger partial charge < -0.3 is 15.0 Å². The van der Waals surface area contributed by atoms with Gasteiger partial charge in [-0.1, -0.05) is 0 Å². The van der Waals surface area contributed by atoms with Crippen molar-refractivity contribution in [2.24, 2.45) is 0 Å². The molecule has 8 heteroatoms. The molecule has 3 aromatic rings. The zero-order chi connectivity index (χ0) is 19.0. The molecular formula is C19H20FN5O2. The number of hydrogen-bond acceptors (Lipinski definition) is 5. The molecule has 4 rings (SSSR count). The number of hydrogen-bond donors (Lipinski definition) is 1. The summed E-state index contributed by atoms with van der Waals surface area (Å²) in [6.45, 7) is 5.10. The first-order valence-electron chi connectivity index (χ1n) is 8.83. The lowest BCUT2D eigenvalue weighted by Crippen LogP contribution is -2.31. The number of aromatic nitrogens is 3. The highest BCUT2D eigenvalue weighted by molar-refractivity contribution is 5.99. The van der Waals surface area contributed by atoms with Crippen LogP contribution in [-0.4, -0.2) is 39.7 Å². The Bertz CT molecular complexity index is 1000. The van der Waals surface area contributed by atoms with Crippen LogP contribution in [0.3, 0.4) is 0 Å². The van der Waals surface area contributed by atoms with E-state index in [4.69, 9.17) is 4.74 Å². The van der Waals surface area contributed by atoms with Gasteiger partial charge in [-0.2, -0.15) is 5.10 Å². The third-order valence-corrected chi connectivity index (χ3v) is 4.53. The Kier molecular flexibility index (Phi) is 4.39. The number of nitrogens with one attached hydrogen (secondary N) is 1. The molecule has 1 aromatic carbocycles. The van der Waals surface area contributed by atoms with Crippen molar-refractivity contribution in [2.75, 3.05) is 18.1 Å². The fourth-order valence-electron chi connectivity index (χ4n) is 3.12. The predicted octanol–water partition coefficient (Wildman–Crippen LogP) is 2.41. The van der Waals surface area contributed by atoms with E-state index >= 15 is 0 Å². The van der Waals surface area contributed by atoms with Gasteiger partial charge in [-0.25, -0.2) is 13.9 Å². The summed E-state index contributed by atoms with van der Waals surface area (Å²) < 4.78 is 21.2. The molecule has 2 aromatic heterocycles. The largest absolute Gasteiger partial charge is 0.491 e. The van der Waals surface area contributed by atoms with Crippen LogP contribution in [0.2, 0.25) is 0 Å². The molecule has 0 saturated heterocycles. The van der Waals surface area contributed by atoms with E-state index in [2.05, 4.69) is 15.4 Å². The molecule has 1 N–H and O–H groups in total. The lowest BCUT2D eigenvalue weighted by Gasteiger charge is -2.28. The van der Waals surface area contributed by atoms with E-state index in [1.807, 2.05) is 24.8 Å². The lowest BCUT2D eigenvalue weighted by molar-refractivity contribution is 0.0948. The van der Waals surface area contributed by atoms with Crippen LogP contribution in [0.15, 0.2) is 36.7 Å². The van der Waals surface area contributed by atoms with E-state index < -0.39 is 0 Å². The van der Waals surface area contributed by atoms with E-state index in [1.54, 1.807) is 16.8 Å². The Hall–Kier alpha value is -3.16. The maximum Gasteiger partial charge on any atom is 0.256 e. The number of ether oxygens (including phenoxy) is 1. The fourth-order valence-corrected chi connectivity index (χ4v) is 3.12. The molecule has 27 heavy (non-hydrogen) atoms. The second-order valence-corrected chi connectivity index (χ2v) is 6.69. The Morgan fingerprint density at radius 1 is 1.30 bits per heavy atom. The molecule has 140 valence electrons. The summed E-state index contributed by atoms with van der Waals surface area (Å²) in [4.78, 5) is 19.2. The molecule has 0 radical (unpaired) electrons. The van der Waals surface area contributed by atoms with E-state index in [-0.39, 0.29) is 24.4 Å². The average molecular weight is 369 g/mol. The molecule has 0 atom stereocenters. The topological polar surface area (TPSA) is 71.8 Å². The molecule has 1 aliphatic rings. The number of carbonyl (C=O) groups excluding carboxylic acids is 1. The van der Waals surface area contributed by atoms with Gasteiger partial charge in [0.15, 0.2) is 5.65 Å². The molecule has 0 aliphatic carbocycles. The van der Waals surface area contributed by atoms with Crippen molar-refractivity contribution in [1.82, 2.24) is 19.9 Å². The van der Waals surface area contributed by atoms with Crippen molar-refractivity contribution in [3.63, 3.8) is 0 Å². The third kappa shape index (κ3) is 3.30. The van der Waals surface area contributed by atoms with Crippen molar-refractivity contribution in [1.29, 1.82) is 0 Å². The zero-order valence-corrected chi connectivity index (χ0v) is 15.1. The van der Waals surface area contributed by atoms with Crippen LogP contribution in [0.5, 0.6) is 5.75 Å². The van der Waals surface area contributed by atoms with Crippen molar-refractivity contribution in [3.05, 3.63) is 53.6 Å². The molecule has 0 unspecified atom stereocenters. The highest BCUT2D eigenvalue weighted by Gasteiger charge is 2.20. The van der Waals surface area contributed by atoms with Crippen molar-refractivity contribution >= 4 is 17.4 Å². The summed E-state index contributed by atoms with van der Waals surface area (Å²) in [6, 6.07) is 6.40. The minimum Gasteiger partial charge on any atom is -0.491 e. The normalized spacial score (nSPS) is 15.0. The summed E-state index contributed by atoms with van der Waals surface area (Å²) in [7, 11) is 0. The van der Waals surface area contributed by atoms with Gasteiger partial charge in [-0.05, 0) is 38.1 Å². The second-order valence-electron chi connectivity index (χ2n) is 6.69. The van der Waals surface area contributed by atoms with E-state index in [9.17, 15) is 9.18 Å². The van der Waals surface area contributed by atoms with Crippen LogP contribution < -0.4 is 15.0 Å². The first-order valence-corrected chi connectivity index (χ1v) is 8.83. The number of carbonyl (C=O) groups is 1. The minimum atomic E-state index is -0.319. The Balaban J connectivity index is 1.85. The summed E-state index contributed by atoms with van der Waals surface area (Å²) >= 11 is 0. The van der Waals surface area contributed by atoms with Crippen molar-refractivity contribution in [2.45, 2.75) is 26.4 Å². The van der Waals surface area contributed by atoms with Gasteiger partial charge in [0.25, 0.3) is 5.91 Å². The van der Waals surface area contributed by atoms with E-state index in [0.717, 1.165) is 5.56 Å². The Morgan fingerprint density at radius 2 is 2.15 bits per heavy atom. The van der Waals surface area contributed by atoms with Crippen LogP contribution in [0.25, 0.3) is 5.65 Å². The van der Waals surface area contributed by atoms with Crippen LogP contribution in [0.1, 0.15) is 29.8 Å². The SMILES string of the molecule is CC(C)N1Cc2cc(F)ccc2OCCNC(=O)c2cnn3ccc1nc23. The molecule has 0 spiro atoms. The van der Waals surface area contributed by atoms with E-state index in [0.29, 0.717) is 35.9 Å². The van der Waals surface area contributed by atoms with Gasteiger partial charge in [-0.15, -0.1) is 0 Å². The molecular weight excluding hydrogens is 349 g/mol. The summed E-state index contributed by atoms with van der Waals surface area (Å²) in [5, 5.41) is 7.00. The number of rotatable bonds is 1. The number of amides is 1. The molecule has 7 nitrogen and oxygen atoms in total. The van der Waals surface area contributed by atoms with Crippen molar-refractivity contribution < 1.29 is 13.9 Å². The number of halogens is 1. The Labute approximate surface area is 155 Å². The first kappa shape index (κ1) is 17.3. The van der Waals surface area contributed by atoms with Crippen LogP contribution in [0, 0.1) is 5.82 Å². The fraction of sp³-hybridized carbons (Fsp3) is 0.316. The second kappa shape index (κ2) is 6.86. The van der Waals surface area contributed by atoms with Crippen LogP contribution >= 0.6 is 0 Å². The Morgan fingerprint density at radius 3 is 2.96 bits per heavy atom. The highest BCUT2D eigenvalue weighted by Crippen LogP contribution is 2.26. The van der Waals surface area contributed by atoms with Gasteiger partial charge >= 0.3 is 0 Å². The molecule has 0 fully saturated rings. The van der Waals surface area contributed by atoms with Crippen LogP contribution in [-0.2, 0) is 6.54 Å². The highest BCUT2D eigenvalue weighted by atomic mass is 19.1. The standard InChI is InChI=1S/C19H20FN5O2/c1-12(2)24-11-13-9-14(20)3-4-16(13)27-8-6-21-19(26)15-10-22-25-7-5-17(24)23-18(15)25/h3-5,7,9-10,12H,6,8,11H2,1-2H3,(H,21,26). The number of benzene rings is 1. The number of anilines is 1. The molecule has 2 bridgehead atoms. The third-order valence-electron chi connectivity index (χ3n) is 4.53. The molecule has 0 saturated carbocycles. The van der Waals surface area contributed by atoms with Crippen molar-refractivity contribution in [3.8, 4) is 5.75 Å². The zero-order valence-electron chi connectivity index (χ0n) is 15.1. The van der Waals surface area contributed by atoms with Gasteiger partial charge in [0.05, 0.1) is 12.7 Å². The minimum absolute atomic E-state index is 0.0985. The van der Waals surface area contributed by atoms with Gasteiger partial charge in [-0.3, -0.25) is 4.79 Å². The monoisotopic (exact) mass is 369 g/mol. The van der Waals surface area contributed by atoms with Gasteiger partial charge in [0.2, 0.25) is 0 Å². The first-order chi connectivity index (χ1) is 13.0. The van der Waals surface area contributed by atoms with Crippen LogP contribution in [0.4, 0.5) is 10.2 Å². The number of nitrogens with zero attached hydrogens (tertiary/aromatic N) is 4. The maximum atomic E-state index is 13.9. The van der Waals surface area contributed by atoms with E-state index in [1.165, 1.54) is 18.3 Å². The maximum absolute atomic E-state index is 13.9. The predicted molar refractivity (Wildman–Crippen MR) is 98.5 cm³/mol. The smallest absolute Gasteiger partial charge is 0.256 e. The lowest BCUT2D eigenvalue weighted by atomic mass is 10.1. The summed E-state index contributed by atoms with van der Waals surface area (Å²) in [6.07, 6.45) is 3.28. The van der Waals surface area contributed by atoms with Gasteiger partial charge in [0.1, 0.15) is 29.6 Å². The number of fused-ring (bicyclic) bond motifs is 2.